The first-order valence-corrected chi connectivity index (χ1v) is 6.71. The van der Waals surface area contributed by atoms with Crippen molar-refractivity contribution in [3.05, 3.63) is 47.8 Å². The minimum Gasteiger partial charge on any atom is -0.497 e. The third kappa shape index (κ3) is 3.35. The molecule has 1 aliphatic rings. The summed E-state index contributed by atoms with van der Waals surface area (Å²) >= 11 is 0. The fourth-order valence-corrected chi connectivity index (χ4v) is 2.09. The lowest BCUT2D eigenvalue weighted by Gasteiger charge is -2.04. The molecule has 0 aliphatic heterocycles. The first kappa shape index (κ1) is 12.2. The molecule has 1 N–H and O–H groups in total. The molecule has 0 atom stereocenters. The first-order valence-electron chi connectivity index (χ1n) is 6.71. The quantitative estimate of drug-likeness (QED) is 0.862. The number of hydrogen-bond donors (Lipinski definition) is 1. The number of nitrogens with zero attached hydrogens (tertiary/aromatic N) is 2. The Balaban J connectivity index is 1.61. The Hall–Kier alpha value is -1.81. The molecule has 1 aromatic carbocycles. The number of ether oxygens (including phenoxy) is 1. The lowest BCUT2D eigenvalue weighted by molar-refractivity contribution is 0.414. The molecule has 0 saturated heterocycles. The second-order valence-electron chi connectivity index (χ2n) is 5.05. The number of aromatic nitrogens is 2. The summed E-state index contributed by atoms with van der Waals surface area (Å²) in [4.78, 5) is 0. The van der Waals surface area contributed by atoms with E-state index in [-0.39, 0.29) is 0 Å². The van der Waals surface area contributed by atoms with E-state index in [9.17, 15) is 0 Å². The van der Waals surface area contributed by atoms with Crippen LogP contribution in [0.4, 0.5) is 0 Å². The van der Waals surface area contributed by atoms with Crippen molar-refractivity contribution in [1.29, 1.82) is 0 Å². The average molecular weight is 257 g/mol. The van der Waals surface area contributed by atoms with Gasteiger partial charge < -0.3 is 10.1 Å². The van der Waals surface area contributed by atoms with Crippen molar-refractivity contribution in [2.24, 2.45) is 0 Å². The molecule has 4 nitrogen and oxygen atoms in total. The van der Waals surface area contributed by atoms with E-state index in [1.807, 2.05) is 29.1 Å². The lowest BCUT2D eigenvalue weighted by atomic mass is 10.2. The second kappa shape index (κ2) is 5.45. The van der Waals surface area contributed by atoms with Gasteiger partial charge in [0.2, 0.25) is 0 Å². The highest BCUT2D eigenvalue weighted by atomic mass is 16.5. The van der Waals surface area contributed by atoms with Crippen molar-refractivity contribution in [1.82, 2.24) is 15.1 Å². The molecule has 1 aliphatic carbocycles. The molecule has 0 radical (unpaired) electrons. The van der Waals surface area contributed by atoms with Gasteiger partial charge in [-0.25, -0.2) is 0 Å². The van der Waals surface area contributed by atoms with Gasteiger partial charge in [-0.05, 0) is 30.5 Å². The predicted molar refractivity (Wildman–Crippen MR) is 74.2 cm³/mol. The number of rotatable bonds is 6. The van der Waals surface area contributed by atoms with Crippen LogP contribution in [0, 0.1) is 0 Å². The average Bonchev–Trinajstić information content (AvgIpc) is 3.17. The number of nitrogens with one attached hydrogen (secondary N) is 1. The summed E-state index contributed by atoms with van der Waals surface area (Å²) in [6, 6.07) is 8.84. The molecule has 19 heavy (non-hydrogen) atoms. The van der Waals surface area contributed by atoms with Gasteiger partial charge in [-0.1, -0.05) is 12.1 Å². The molecule has 3 rings (SSSR count). The normalized spacial score (nSPS) is 14.6. The standard InChI is InChI=1S/C15H19N3O/c1-19-15-4-2-3-12(7-15)10-18-11-13(9-17-18)8-16-14-5-6-14/h2-4,7,9,11,14,16H,5-6,8,10H2,1H3. The van der Waals surface area contributed by atoms with Crippen LogP contribution in [0.25, 0.3) is 0 Å². The Kier molecular flexibility index (Phi) is 3.51. The summed E-state index contributed by atoms with van der Waals surface area (Å²) in [6.45, 7) is 1.70. The summed E-state index contributed by atoms with van der Waals surface area (Å²) in [5.41, 5.74) is 2.44. The van der Waals surface area contributed by atoms with Gasteiger partial charge in [0.1, 0.15) is 5.75 Å². The van der Waals surface area contributed by atoms with Crippen LogP contribution in [0.3, 0.4) is 0 Å². The van der Waals surface area contributed by atoms with Crippen LogP contribution in [0.1, 0.15) is 24.0 Å². The van der Waals surface area contributed by atoms with Crippen molar-refractivity contribution in [2.75, 3.05) is 7.11 Å². The molecule has 0 bridgehead atoms. The molecular formula is C15H19N3O. The number of methoxy groups -OCH3 is 1. The van der Waals surface area contributed by atoms with Gasteiger partial charge >= 0.3 is 0 Å². The largest absolute Gasteiger partial charge is 0.497 e. The molecular weight excluding hydrogens is 238 g/mol. The molecule has 0 unspecified atom stereocenters. The molecule has 0 amide bonds. The van der Waals surface area contributed by atoms with E-state index in [4.69, 9.17) is 4.74 Å². The number of hydrogen-bond acceptors (Lipinski definition) is 3. The van der Waals surface area contributed by atoms with Crippen LogP contribution in [0.5, 0.6) is 5.75 Å². The monoisotopic (exact) mass is 257 g/mol. The van der Waals surface area contributed by atoms with E-state index in [0.717, 1.165) is 24.9 Å². The third-order valence-electron chi connectivity index (χ3n) is 3.34. The van der Waals surface area contributed by atoms with Gasteiger partial charge in [0.05, 0.1) is 19.9 Å². The molecule has 1 aromatic heterocycles. The van der Waals surface area contributed by atoms with Crippen LogP contribution in [-0.2, 0) is 13.1 Å². The zero-order valence-corrected chi connectivity index (χ0v) is 11.2. The highest BCUT2D eigenvalue weighted by molar-refractivity contribution is 5.28. The third-order valence-corrected chi connectivity index (χ3v) is 3.34. The summed E-state index contributed by atoms with van der Waals surface area (Å²) in [5, 5.41) is 7.90. The zero-order valence-electron chi connectivity index (χ0n) is 11.2. The Bertz CT molecular complexity index is 546. The SMILES string of the molecule is COc1cccc(Cn2cc(CNC3CC3)cn2)c1. The van der Waals surface area contributed by atoms with Crippen LogP contribution in [0.15, 0.2) is 36.7 Å². The van der Waals surface area contributed by atoms with Crippen LogP contribution in [-0.4, -0.2) is 22.9 Å². The van der Waals surface area contributed by atoms with Gasteiger partial charge in [-0.15, -0.1) is 0 Å². The summed E-state index contributed by atoms with van der Waals surface area (Å²) in [5.74, 6) is 0.889. The molecule has 0 spiro atoms. The molecule has 1 heterocycles. The maximum atomic E-state index is 5.23. The molecule has 1 saturated carbocycles. The Morgan fingerprint density at radius 3 is 3.05 bits per heavy atom. The summed E-state index contributed by atoms with van der Waals surface area (Å²) < 4.78 is 7.20. The molecule has 2 aromatic rings. The van der Waals surface area contributed by atoms with Crippen molar-refractivity contribution in [3.8, 4) is 5.75 Å². The fraction of sp³-hybridized carbons (Fsp3) is 0.400. The van der Waals surface area contributed by atoms with Crippen LogP contribution < -0.4 is 10.1 Å². The van der Waals surface area contributed by atoms with Gasteiger partial charge in [0.25, 0.3) is 0 Å². The molecule has 100 valence electrons. The Labute approximate surface area is 113 Å². The van der Waals surface area contributed by atoms with E-state index < -0.39 is 0 Å². The van der Waals surface area contributed by atoms with Crippen LogP contribution in [0.2, 0.25) is 0 Å². The van der Waals surface area contributed by atoms with Gasteiger partial charge in [0.15, 0.2) is 0 Å². The van der Waals surface area contributed by atoms with Crippen molar-refractivity contribution >= 4 is 0 Å². The predicted octanol–water partition coefficient (Wildman–Crippen LogP) is 2.19. The van der Waals surface area contributed by atoms with Gasteiger partial charge in [0, 0.05) is 24.3 Å². The maximum absolute atomic E-state index is 5.23. The van der Waals surface area contributed by atoms with E-state index in [1.165, 1.54) is 24.0 Å². The fourth-order valence-electron chi connectivity index (χ4n) is 2.09. The van der Waals surface area contributed by atoms with E-state index >= 15 is 0 Å². The highest BCUT2D eigenvalue weighted by Crippen LogP contribution is 2.19. The first-order chi connectivity index (χ1) is 9.33. The smallest absolute Gasteiger partial charge is 0.119 e. The van der Waals surface area contributed by atoms with E-state index in [2.05, 4.69) is 22.7 Å². The van der Waals surface area contributed by atoms with Crippen molar-refractivity contribution < 1.29 is 4.74 Å². The molecule has 4 heteroatoms. The summed E-state index contributed by atoms with van der Waals surface area (Å²) in [6.07, 6.45) is 6.68. The van der Waals surface area contributed by atoms with E-state index in [0.29, 0.717) is 0 Å². The van der Waals surface area contributed by atoms with Crippen molar-refractivity contribution in [2.45, 2.75) is 32.0 Å². The Morgan fingerprint density at radius 1 is 1.37 bits per heavy atom. The topological polar surface area (TPSA) is 39.1 Å². The maximum Gasteiger partial charge on any atom is 0.119 e. The highest BCUT2D eigenvalue weighted by Gasteiger charge is 2.20. The van der Waals surface area contributed by atoms with Crippen molar-refractivity contribution in [3.63, 3.8) is 0 Å². The van der Waals surface area contributed by atoms with E-state index in [1.54, 1.807) is 7.11 Å². The van der Waals surface area contributed by atoms with Gasteiger partial charge in [-0.2, -0.15) is 5.10 Å². The lowest BCUT2D eigenvalue weighted by Crippen LogP contribution is -2.14. The zero-order chi connectivity index (χ0) is 13.1. The Morgan fingerprint density at radius 2 is 2.26 bits per heavy atom. The second-order valence-corrected chi connectivity index (χ2v) is 5.05. The van der Waals surface area contributed by atoms with Crippen LogP contribution >= 0.6 is 0 Å². The minimum atomic E-state index is 0.738. The number of benzene rings is 1. The molecule has 1 fully saturated rings. The minimum absolute atomic E-state index is 0.738. The summed E-state index contributed by atoms with van der Waals surface area (Å²) in [7, 11) is 1.69. The van der Waals surface area contributed by atoms with Gasteiger partial charge in [-0.3, -0.25) is 4.68 Å².